The molecule has 162 valence electrons. The molecule has 1 spiro atoms. The number of hydrogen-bond donors (Lipinski definition) is 1. The van der Waals surface area contributed by atoms with Gasteiger partial charge in [0.25, 0.3) is 0 Å². The summed E-state index contributed by atoms with van der Waals surface area (Å²) in [4.78, 5) is 27.2. The highest BCUT2D eigenvalue weighted by atomic mass is 16.3. The highest BCUT2D eigenvalue weighted by Gasteiger charge is 2.54. The van der Waals surface area contributed by atoms with Crippen molar-refractivity contribution in [3.8, 4) is 6.07 Å². The summed E-state index contributed by atoms with van der Waals surface area (Å²) >= 11 is 0. The lowest BCUT2D eigenvalue weighted by Gasteiger charge is -2.51. The van der Waals surface area contributed by atoms with Crippen molar-refractivity contribution in [2.45, 2.75) is 36.8 Å². The minimum absolute atomic E-state index is 0.0774. The number of amides is 2. The van der Waals surface area contributed by atoms with Crippen molar-refractivity contribution in [2.24, 2.45) is 0 Å². The van der Waals surface area contributed by atoms with E-state index in [1.807, 2.05) is 17.0 Å². The Kier molecular flexibility index (Phi) is 5.65. The number of hydrogen-bond acceptors (Lipinski definition) is 6. The van der Waals surface area contributed by atoms with Crippen molar-refractivity contribution in [3.63, 3.8) is 0 Å². The van der Waals surface area contributed by atoms with Crippen LogP contribution in [0.15, 0.2) is 42.7 Å². The molecule has 2 aliphatic rings. The number of urea groups is 1. The number of anilines is 1. The van der Waals surface area contributed by atoms with Crippen LogP contribution < -0.4 is 4.90 Å². The van der Waals surface area contributed by atoms with Gasteiger partial charge in [-0.1, -0.05) is 30.3 Å². The van der Waals surface area contributed by atoms with Crippen molar-refractivity contribution in [3.05, 3.63) is 54.1 Å². The molecule has 1 aromatic carbocycles. The van der Waals surface area contributed by atoms with E-state index in [-0.39, 0.29) is 29.5 Å². The fourth-order valence-corrected chi connectivity index (χ4v) is 5.25. The first-order valence-corrected chi connectivity index (χ1v) is 10.6. The van der Waals surface area contributed by atoms with Crippen LogP contribution in [-0.4, -0.2) is 70.2 Å². The van der Waals surface area contributed by atoms with Crippen LogP contribution in [0.4, 0.5) is 10.5 Å². The van der Waals surface area contributed by atoms with Gasteiger partial charge in [0, 0.05) is 12.1 Å². The molecule has 1 aliphatic carbocycles. The summed E-state index contributed by atoms with van der Waals surface area (Å²) in [5.74, 6) is 0.0774. The number of aliphatic hydroxyl groups excluding tert-OH is 1. The van der Waals surface area contributed by atoms with Crippen molar-refractivity contribution in [1.82, 2.24) is 19.8 Å². The number of nitrogens with zero attached hydrogens (tertiary/aromatic N) is 6. The normalized spacial score (nSPS) is 26.0. The van der Waals surface area contributed by atoms with E-state index in [1.54, 1.807) is 4.90 Å². The van der Waals surface area contributed by atoms with Crippen LogP contribution >= 0.6 is 0 Å². The van der Waals surface area contributed by atoms with Crippen LogP contribution in [0.5, 0.6) is 0 Å². The topological polar surface area (TPSA) is 96.6 Å². The summed E-state index contributed by atoms with van der Waals surface area (Å²) in [5, 5.41) is 18.6. The molecule has 1 N–H and O–H groups in total. The molecular formula is C23H28N6O2. The van der Waals surface area contributed by atoms with Gasteiger partial charge in [0.2, 0.25) is 5.82 Å². The molecule has 1 aromatic heterocycles. The number of aliphatic hydroxyl groups is 1. The Morgan fingerprint density at radius 1 is 1.13 bits per heavy atom. The number of rotatable bonds is 5. The van der Waals surface area contributed by atoms with E-state index in [4.69, 9.17) is 5.26 Å². The number of β-amino-alcohol motifs (C(OH)–C–C–N with tert-alkyl or cyclic N) is 1. The van der Waals surface area contributed by atoms with Gasteiger partial charge in [-0.3, -0.25) is 9.80 Å². The van der Waals surface area contributed by atoms with Gasteiger partial charge in [-0.15, -0.1) is 0 Å². The molecule has 0 bridgehead atoms. The minimum atomic E-state index is -0.345. The Labute approximate surface area is 182 Å². The van der Waals surface area contributed by atoms with Gasteiger partial charge in [0.15, 0.2) is 0 Å². The van der Waals surface area contributed by atoms with Crippen LogP contribution in [0, 0.1) is 11.3 Å². The molecule has 1 saturated heterocycles. The molecule has 1 saturated carbocycles. The summed E-state index contributed by atoms with van der Waals surface area (Å²) < 4.78 is 0. The number of carbonyl (C=O) groups is 1. The third-order valence-corrected chi connectivity index (χ3v) is 7.04. The number of nitriles is 1. The Balaban J connectivity index is 1.63. The molecule has 8 nitrogen and oxygen atoms in total. The number of carbonyl (C=O) groups excluding carboxylic acids is 1. The fraction of sp³-hybridized carbons (Fsp3) is 0.478. The zero-order valence-corrected chi connectivity index (χ0v) is 18.0. The van der Waals surface area contributed by atoms with Crippen molar-refractivity contribution in [1.29, 1.82) is 5.26 Å². The van der Waals surface area contributed by atoms with Crippen LogP contribution in [0.1, 0.15) is 37.1 Å². The Bertz CT molecular complexity index is 962. The molecule has 8 heteroatoms. The Hall–Kier alpha value is -3.02. The highest BCUT2D eigenvalue weighted by molar-refractivity contribution is 5.95. The van der Waals surface area contributed by atoms with Gasteiger partial charge in [-0.2, -0.15) is 5.26 Å². The lowest BCUT2D eigenvalue weighted by Crippen LogP contribution is -2.55. The predicted molar refractivity (Wildman–Crippen MR) is 116 cm³/mol. The van der Waals surface area contributed by atoms with Gasteiger partial charge >= 0.3 is 6.03 Å². The van der Waals surface area contributed by atoms with E-state index in [0.29, 0.717) is 18.8 Å². The number of benzene rings is 1. The molecule has 0 unspecified atom stereocenters. The molecule has 31 heavy (non-hydrogen) atoms. The van der Waals surface area contributed by atoms with Crippen LogP contribution in [0.2, 0.25) is 0 Å². The van der Waals surface area contributed by atoms with E-state index < -0.39 is 0 Å². The summed E-state index contributed by atoms with van der Waals surface area (Å²) in [6, 6.07) is 12.3. The monoisotopic (exact) mass is 420 g/mol. The third kappa shape index (κ3) is 3.54. The fourth-order valence-electron chi connectivity index (χ4n) is 5.25. The van der Waals surface area contributed by atoms with E-state index >= 15 is 0 Å². The molecular weight excluding hydrogens is 392 g/mol. The Morgan fingerprint density at radius 2 is 1.77 bits per heavy atom. The largest absolute Gasteiger partial charge is 0.395 e. The van der Waals surface area contributed by atoms with E-state index in [0.717, 1.165) is 25.7 Å². The summed E-state index contributed by atoms with van der Waals surface area (Å²) in [5.41, 5.74) is 1.45. The van der Waals surface area contributed by atoms with Crippen molar-refractivity contribution < 1.29 is 9.90 Å². The molecule has 2 heterocycles. The van der Waals surface area contributed by atoms with Crippen LogP contribution in [0.25, 0.3) is 0 Å². The lowest BCUT2D eigenvalue weighted by atomic mass is 9.68. The zero-order valence-electron chi connectivity index (χ0n) is 18.0. The average molecular weight is 421 g/mol. The van der Waals surface area contributed by atoms with E-state index in [1.165, 1.54) is 18.0 Å². The summed E-state index contributed by atoms with van der Waals surface area (Å²) in [6.07, 6.45) is 6.54. The summed E-state index contributed by atoms with van der Waals surface area (Å²) in [7, 11) is 4.24. The first-order chi connectivity index (χ1) is 15.0. The maximum atomic E-state index is 13.3. The molecule has 0 radical (unpaired) electrons. The molecule has 1 aliphatic heterocycles. The van der Waals surface area contributed by atoms with Crippen LogP contribution in [-0.2, 0) is 5.54 Å². The quantitative estimate of drug-likeness (QED) is 0.798. The SMILES string of the molecule is CN(C)[C@]1(c2ccccc2)CC[C@]2(CC1)CN(c1cnc(C#N)nc1)C(=O)N2CCO. The second kappa shape index (κ2) is 8.25. The molecule has 4 rings (SSSR count). The molecule has 0 atom stereocenters. The maximum Gasteiger partial charge on any atom is 0.325 e. The van der Waals surface area contributed by atoms with Gasteiger partial charge in [0.05, 0.1) is 36.8 Å². The first-order valence-electron chi connectivity index (χ1n) is 10.6. The van der Waals surface area contributed by atoms with E-state index in [2.05, 4.69) is 53.2 Å². The standard InChI is InChI=1S/C23H28N6O2/c1-27(2)23(18-6-4-3-5-7-18)10-8-22(9-11-23)17-28(21(31)29(22)12-13-30)19-15-25-20(14-24)26-16-19/h3-7,15-16,30H,8-13,17H2,1-2H3/t22-,23+. The van der Waals surface area contributed by atoms with Crippen molar-refractivity contribution in [2.75, 3.05) is 38.7 Å². The third-order valence-electron chi connectivity index (χ3n) is 7.04. The van der Waals surface area contributed by atoms with E-state index in [9.17, 15) is 9.90 Å². The smallest absolute Gasteiger partial charge is 0.325 e. The molecule has 2 amide bonds. The Morgan fingerprint density at radius 3 is 2.32 bits per heavy atom. The zero-order chi connectivity index (χ0) is 22.1. The second-order valence-corrected chi connectivity index (χ2v) is 8.64. The predicted octanol–water partition coefficient (Wildman–Crippen LogP) is 2.35. The van der Waals surface area contributed by atoms with Crippen LogP contribution in [0.3, 0.4) is 0 Å². The average Bonchev–Trinajstić information content (AvgIpc) is 3.07. The highest BCUT2D eigenvalue weighted by Crippen LogP contribution is 2.49. The van der Waals surface area contributed by atoms with Crippen molar-refractivity contribution >= 4 is 11.7 Å². The first kappa shape index (κ1) is 21.2. The van der Waals surface area contributed by atoms with Gasteiger partial charge in [-0.25, -0.2) is 14.8 Å². The summed E-state index contributed by atoms with van der Waals surface area (Å²) in [6.45, 7) is 0.745. The minimum Gasteiger partial charge on any atom is -0.395 e. The van der Waals surface area contributed by atoms with Gasteiger partial charge in [-0.05, 0) is 45.3 Å². The van der Waals surface area contributed by atoms with Gasteiger partial charge < -0.3 is 10.0 Å². The maximum absolute atomic E-state index is 13.3. The lowest BCUT2D eigenvalue weighted by molar-refractivity contribution is 0.0216. The van der Waals surface area contributed by atoms with Gasteiger partial charge in [0.1, 0.15) is 6.07 Å². The molecule has 2 fully saturated rings. The second-order valence-electron chi connectivity index (χ2n) is 8.64. The number of aromatic nitrogens is 2. The molecule has 2 aromatic rings.